The maximum absolute atomic E-state index is 12.0. The van der Waals surface area contributed by atoms with Crippen molar-refractivity contribution in [3.63, 3.8) is 0 Å². The van der Waals surface area contributed by atoms with Crippen molar-refractivity contribution in [1.82, 2.24) is 4.90 Å². The van der Waals surface area contributed by atoms with Crippen molar-refractivity contribution in [2.24, 2.45) is 5.41 Å². The number of likely N-dealkylation sites (tertiary alicyclic amines) is 1. The predicted molar refractivity (Wildman–Crippen MR) is 65.4 cm³/mol. The highest BCUT2D eigenvalue weighted by Gasteiger charge is 2.44. The molecule has 1 heterocycles. The minimum absolute atomic E-state index is 0.0689. The summed E-state index contributed by atoms with van der Waals surface area (Å²) in [7, 11) is 1.32. The summed E-state index contributed by atoms with van der Waals surface area (Å²) in [5.74, 6) is -0.464. The van der Waals surface area contributed by atoms with Crippen molar-refractivity contribution in [2.45, 2.75) is 52.1 Å². The monoisotopic (exact) mass is 252 g/mol. The molecule has 1 aliphatic rings. The molecule has 0 spiro atoms. The highest BCUT2D eigenvalue weighted by molar-refractivity contribution is 5.88. The molecule has 0 saturated carbocycles. The van der Waals surface area contributed by atoms with Crippen LogP contribution in [0.1, 0.15) is 40.0 Å². The summed E-state index contributed by atoms with van der Waals surface area (Å²) in [6.45, 7) is 5.90. The minimum atomic E-state index is -0.542. The van der Waals surface area contributed by atoms with Crippen LogP contribution in [-0.2, 0) is 14.3 Å². The van der Waals surface area contributed by atoms with Crippen LogP contribution >= 0.6 is 0 Å². The van der Waals surface area contributed by atoms with Gasteiger partial charge in [-0.05, 0) is 11.8 Å². The summed E-state index contributed by atoms with van der Waals surface area (Å²) < 4.78 is 4.74. The third kappa shape index (κ3) is 2.81. The summed E-state index contributed by atoms with van der Waals surface area (Å²) in [6.07, 6.45) is 1.05. The lowest BCUT2D eigenvalue weighted by atomic mass is 9.83. The zero-order valence-electron chi connectivity index (χ0n) is 11.4. The van der Waals surface area contributed by atoms with Gasteiger partial charge in [-0.15, -0.1) is 0 Å². The molecule has 0 bridgehead atoms. The Balaban J connectivity index is 3.04. The van der Waals surface area contributed by atoms with E-state index >= 15 is 0 Å². The molecule has 1 amide bonds. The van der Waals surface area contributed by atoms with Gasteiger partial charge in [-0.1, -0.05) is 20.8 Å². The molecule has 5 nitrogen and oxygen atoms in total. The average Bonchev–Trinajstić information content (AvgIpc) is 2.65. The van der Waals surface area contributed by atoms with E-state index in [4.69, 9.17) is 10.00 Å². The molecule has 0 N–H and O–H groups in total. The zero-order valence-corrected chi connectivity index (χ0v) is 11.4. The van der Waals surface area contributed by atoms with Crippen molar-refractivity contribution in [3.8, 4) is 6.07 Å². The SMILES string of the molecule is COC(=O)C1CCC(=O)N1C(CC#N)C(C)(C)C. The first kappa shape index (κ1) is 14.5. The van der Waals surface area contributed by atoms with Crippen LogP contribution in [0.15, 0.2) is 0 Å². The number of methoxy groups -OCH3 is 1. The Kier molecular flexibility index (Phi) is 4.33. The number of nitriles is 1. The van der Waals surface area contributed by atoms with Gasteiger partial charge in [0.1, 0.15) is 6.04 Å². The van der Waals surface area contributed by atoms with Gasteiger partial charge in [0.25, 0.3) is 0 Å². The third-order valence-corrected chi connectivity index (χ3v) is 3.35. The van der Waals surface area contributed by atoms with E-state index in [2.05, 4.69) is 6.07 Å². The number of esters is 1. The van der Waals surface area contributed by atoms with Crippen LogP contribution in [0.4, 0.5) is 0 Å². The topological polar surface area (TPSA) is 70.4 Å². The van der Waals surface area contributed by atoms with Crippen LogP contribution in [0.2, 0.25) is 0 Å². The summed E-state index contributed by atoms with van der Waals surface area (Å²) in [4.78, 5) is 25.2. The van der Waals surface area contributed by atoms with Gasteiger partial charge in [0, 0.05) is 6.42 Å². The van der Waals surface area contributed by atoms with E-state index in [-0.39, 0.29) is 23.8 Å². The average molecular weight is 252 g/mol. The van der Waals surface area contributed by atoms with Crippen molar-refractivity contribution in [3.05, 3.63) is 0 Å². The molecule has 18 heavy (non-hydrogen) atoms. The molecule has 0 aliphatic carbocycles. The standard InChI is InChI=1S/C13H20N2O3/c1-13(2,3)10(7-8-14)15-9(12(17)18-4)5-6-11(15)16/h9-10H,5-7H2,1-4H3. The van der Waals surface area contributed by atoms with Gasteiger partial charge in [-0.3, -0.25) is 4.79 Å². The van der Waals surface area contributed by atoms with E-state index in [9.17, 15) is 9.59 Å². The lowest BCUT2D eigenvalue weighted by Gasteiger charge is -2.39. The minimum Gasteiger partial charge on any atom is -0.467 e. The summed E-state index contributed by atoms with van der Waals surface area (Å²) in [5.41, 5.74) is -0.248. The second kappa shape index (κ2) is 5.38. The molecular weight excluding hydrogens is 232 g/mol. The number of amides is 1. The quantitative estimate of drug-likeness (QED) is 0.713. The second-order valence-corrected chi connectivity index (χ2v) is 5.62. The van der Waals surface area contributed by atoms with Crippen LogP contribution in [0.5, 0.6) is 0 Å². The fourth-order valence-corrected chi connectivity index (χ4v) is 2.37. The zero-order chi connectivity index (χ0) is 13.9. The Bertz CT molecular complexity index is 379. The van der Waals surface area contributed by atoms with Gasteiger partial charge >= 0.3 is 5.97 Å². The van der Waals surface area contributed by atoms with Gasteiger partial charge in [-0.25, -0.2) is 4.79 Å². The number of carbonyl (C=O) groups excluding carboxylic acids is 2. The number of rotatable bonds is 3. The Hall–Kier alpha value is -1.57. The van der Waals surface area contributed by atoms with Gasteiger partial charge < -0.3 is 9.64 Å². The largest absolute Gasteiger partial charge is 0.467 e. The molecule has 1 aliphatic heterocycles. The normalized spacial score (nSPS) is 21.6. The van der Waals surface area contributed by atoms with Crippen LogP contribution in [0, 0.1) is 16.7 Å². The molecule has 2 atom stereocenters. The van der Waals surface area contributed by atoms with Gasteiger partial charge in [-0.2, -0.15) is 5.26 Å². The van der Waals surface area contributed by atoms with Gasteiger partial charge in [0.15, 0.2) is 0 Å². The van der Waals surface area contributed by atoms with Crippen LogP contribution < -0.4 is 0 Å². The van der Waals surface area contributed by atoms with E-state index in [0.717, 1.165) is 0 Å². The molecule has 0 radical (unpaired) electrons. The summed E-state index contributed by atoms with van der Waals surface area (Å²) in [6, 6.07) is 1.30. The Morgan fingerprint density at radius 1 is 1.61 bits per heavy atom. The van der Waals surface area contributed by atoms with Gasteiger partial charge in [0.2, 0.25) is 5.91 Å². The molecule has 0 aromatic rings. The Labute approximate surface area is 108 Å². The van der Waals surface area contributed by atoms with E-state index < -0.39 is 12.0 Å². The lowest BCUT2D eigenvalue weighted by molar-refractivity contribution is -0.152. The molecule has 2 unspecified atom stereocenters. The van der Waals surface area contributed by atoms with Crippen molar-refractivity contribution in [2.75, 3.05) is 7.11 Å². The van der Waals surface area contributed by atoms with Crippen molar-refractivity contribution in [1.29, 1.82) is 5.26 Å². The smallest absolute Gasteiger partial charge is 0.328 e. The third-order valence-electron chi connectivity index (χ3n) is 3.35. The molecule has 0 aromatic carbocycles. The molecule has 5 heteroatoms. The first-order chi connectivity index (χ1) is 8.32. The maximum Gasteiger partial charge on any atom is 0.328 e. The lowest BCUT2D eigenvalue weighted by Crippen LogP contribution is -2.51. The highest BCUT2D eigenvalue weighted by Crippen LogP contribution is 2.33. The fourth-order valence-electron chi connectivity index (χ4n) is 2.37. The predicted octanol–water partition coefficient (Wildman–Crippen LogP) is 1.48. The fraction of sp³-hybridized carbons (Fsp3) is 0.769. The van der Waals surface area contributed by atoms with Crippen molar-refractivity contribution < 1.29 is 14.3 Å². The van der Waals surface area contributed by atoms with E-state index in [1.807, 2.05) is 20.8 Å². The molecule has 1 rings (SSSR count). The number of ether oxygens (including phenoxy) is 1. The molecule has 1 fully saturated rings. The van der Waals surface area contributed by atoms with Crippen LogP contribution in [0.25, 0.3) is 0 Å². The first-order valence-electron chi connectivity index (χ1n) is 6.09. The van der Waals surface area contributed by atoms with Crippen LogP contribution in [0.3, 0.4) is 0 Å². The first-order valence-corrected chi connectivity index (χ1v) is 6.09. The maximum atomic E-state index is 12.0. The van der Waals surface area contributed by atoms with Crippen molar-refractivity contribution >= 4 is 11.9 Å². The number of nitrogens with zero attached hydrogens (tertiary/aromatic N) is 2. The Morgan fingerprint density at radius 2 is 2.22 bits per heavy atom. The summed E-state index contributed by atoms with van der Waals surface area (Å²) >= 11 is 0. The molecule has 0 aromatic heterocycles. The molecule has 100 valence electrons. The second-order valence-electron chi connectivity index (χ2n) is 5.62. The number of hydrogen-bond acceptors (Lipinski definition) is 4. The number of carbonyl (C=O) groups is 2. The Morgan fingerprint density at radius 3 is 2.67 bits per heavy atom. The number of hydrogen-bond donors (Lipinski definition) is 0. The molecular formula is C13H20N2O3. The molecule has 1 saturated heterocycles. The highest BCUT2D eigenvalue weighted by atomic mass is 16.5. The van der Waals surface area contributed by atoms with Gasteiger partial charge in [0.05, 0.1) is 25.6 Å². The summed E-state index contributed by atoms with van der Waals surface area (Å²) in [5, 5.41) is 8.92. The van der Waals surface area contributed by atoms with E-state index in [0.29, 0.717) is 12.8 Å². The van der Waals surface area contributed by atoms with Crippen LogP contribution in [-0.4, -0.2) is 36.0 Å². The van der Waals surface area contributed by atoms with E-state index in [1.165, 1.54) is 7.11 Å². The van der Waals surface area contributed by atoms with E-state index in [1.54, 1.807) is 4.90 Å².